The summed E-state index contributed by atoms with van der Waals surface area (Å²) < 4.78 is 5.19. The van der Waals surface area contributed by atoms with Crippen LogP contribution in [0.25, 0.3) is 0 Å². The SMILES string of the molecule is COc1cc([N+](=O)[O-])cc([C@@H](C2CCCC2)N2CCNCC2)c1O.Cl.Cl. The molecule has 1 aliphatic carbocycles. The van der Waals surface area contributed by atoms with Gasteiger partial charge in [0.25, 0.3) is 5.69 Å². The minimum absolute atomic E-state index is 0. The van der Waals surface area contributed by atoms with Crippen molar-refractivity contribution in [1.82, 2.24) is 10.2 Å². The Morgan fingerprint density at radius 2 is 1.88 bits per heavy atom. The van der Waals surface area contributed by atoms with Crippen molar-refractivity contribution in [2.75, 3.05) is 33.3 Å². The molecule has 148 valence electrons. The number of hydrogen-bond acceptors (Lipinski definition) is 6. The summed E-state index contributed by atoms with van der Waals surface area (Å²) in [6.07, 6.45) is 4.55. The first kappa shape index (κ1) is 22.8. The van der Waals surface area contributed by atoms with Crippen LogP contribution < -0.4 is 10.1 Å². The van der Waals surface area contributed by atoms with Gasteiger partial charge >= 0.3 is 0 Å². The van der Waals surface area contributed by atoms with Crippen molar-refractivity contribution < 1.29 is 14.8 Å². The lowest BCUT2D eigenvalue weighted by Gasteiger charge is -2.38. The van der Waals surface area contributed by atoms with Crippen LogP contribution >= 0.6 is 24.8 Å². The number of rotatable bonds is 5. The molecule has 1 aromatic rings. The zero-order valence-corrected chi connectivity index (χ0v) is 16.5. The molecule has 9 heteroatoms. The van der Waals surface area contributed by atoms with E-state index in [1.165, 1.54) is 32.1 Å². The van der Waals surface area contributed by atoms with Crippen LogP contribution in [0.4, 0.5) is 5.69 Å². The van der Waals surface area contributed by atoms with Crippen molar-refractivity contribution in [2.45, 2.75) is 31.7 Å². The Morgan fingerprint density at radius 1 is 1.27 bits per heavy atom. The molecule has 2 fully saturated rings. The summed E-state index contributed by atoms with van der Waals surface area (Å²) in [6, 6.07) is 2.83. The third kappa shape index (κ3) is 4.71. The number of hydrogen-bond donors (Lipinski definition) is 2. The van der Waals surface area contributed by atoms with Crippen LogP contribution in [0, 0.1) is 16.0 Å². The highest BCUT2D eigenvalue weighted by Gasteiger charge is 2.35. The highest BCUT2D eigenvalue weighted by molar-refractivity contribution is 5.85. The molecule has 1 aliphatic heterocycles. The predicted molar refractivity (Wildman–Crippen MR) is 105 cm³/mol. The monoisotopic (exact) mass is 407 g/mol. The molecule has 0 amide bonds. The second kappa shape index (κ2) is 10.2. The molecule has 1 saturated carbocycles. The first-order valence-electron chi connectivity index (χ1n) is 8.62. The van der Waals surface area contributed by atoms with E-state index >= 15 is 0 Å². The van der Waals surface area contributed by atoms with Crippen LogP contribution in [0.5, 0.6) is 11.5 Å². The smallest absolute Gasteiger partial charge is 0.273 e. The van der Waals surface area contributed by atoms with Crippen LogP contribution in [-0.4, -0.2) is 48.2 Å². The fraction of sp³-hybridized carbons (Fsp3) is 0.647. The van der Waals surface area contributed by atoms with E-state index in [1.54, 1.807) is 0 Å². The van der Waals surface area contributed by atoms with Gasteiger partial charge in [0, 0.05) is 43.9 Å². The Hall–Kier alpha value is -1.28. The summed E-state index contributed by atoms with van der Waals surface area (Å²) in [5, 5.41) is 25.3. The van der Waals surface area contributed by atoms with Gasteiger partial charge in [0.15, 0.2) is 11.5 Å². The summed E-state index contributed by atoms with van der Waals surface area (Å²) in [6.45, 7) is 3.56. The Morgan fingerprint density at radius 3 is 2.42 bits per heavy atom. The molecule has 0 radical (unpaired) electrons. The summed E-state index contributed by atoms with van der Waals surface area (Å²) >= 11 is 0. The zero-order chi connectivity index (χ0) is 17.1. The highest BCUT2D eigenvalue weighted by atomic mass is 35.5. The number of piperazine rings is 1. The molecule has 1 saturated heterocycles. The molecule has 1 atom stereocenters. The molecular formula is C17H27Cl2N3O4. The van der Waals surface area contributed by atoms with Gasteiger partial charge in [-0.3, -0.25) is 15.0 Å². The number of halogens is 2. The number of nitro groups is 1. The van der Waals surface area contributed by atoms with Gasteiger partial charge in [-0.2, -0.15) is 0 Å². The van der Waals surface area contributed by atoms with E-state index in [-0.39, 0.29) is 48.0 Å². The molecule has 0 aromatic heterocycles. The van der Waals surface area contributed by atoms with E-state index in [1.807, 2.05) is 0 Å². The number of methoxy groups -OCH3 is 1. The molecule has 2 N–H and O–H groups in total. The molecule has 1 heterocycles. The van der Waals surface area contributed by atoms with E-state index in [9.17, 15) is 15.2 Å². The van der Waals surface area contributed by atoms with Gasteiger partial charge < -0.3 is 15.2 Å². The molecule has 0 bridgehead atoms. The minimum Gasteiger partial charge on any atom is -0.504 e. The van der Waals surface area contributed by atoms with Gasteiger partial charge in [-0.25, -0.2) is 0 Å². The number of nitrogens with zero attached hydrogens (tertiary/aromatic N) is 2. The summed E-state index contributed by atoms with van der Waals surface area (Å²) in [5.74, 6) is 0.636. The Kier molecular flexibility index (Phi) is 8.89. The Balaban J connectivity index is 0.00000169. The maximum atomic E-state index is 11.3. The van der Waals surface area contributed by atoms with Crippen LogP contribution in [0.15, 0.2) is 12.1 Å². The van der Waals surface area contributed by atoms with E-state index in [4.69, 9.17) is 4.74 Å². The van der Waals surface area contributed by atoms with E-state index in [2.05, 4.69) is 10.2 Å². The molecule has 0 unspecified atom stereocenters. The molecule has 1 aromatic carbocycles. The predicted octanol–water partition coefficient (Wildman–Crippen LogP) is 3.29. The van der Waals surface area contributed by atoms with Crippen molar-refractivity contribution >= 4 is 30.5 Å². The number of non-ortho nitro benzene ring substituents is 1. The average molecular weight is 408 g/mol. The van der Waals surface area contributed by atoms with E-state index in [0.717, 1.165) is 39.0 Å². The number of benzene rings is 1. The molecule has 26 heavy (non-hydrogen) atoms. The maximum Gasteiger partial charge on any atom is 0.273 e. The van der Waals surface area contributed by atoms with E-state index < -0.39 is 4.92 Å². The number of ether oxygens (including phenoxy) is 1. The van der Waals surface area contributed by atoms with Gasteiger partial charge in [-0.05, 0) is 18.8 Å². The van der Waals surface area contributed by atoms with Crippen molar-refractivity contribution in [2.24, 2.45) is 5.92 Å². The number of phenolic OH excluding ortho intramolecular Hbond substituents is 1. The summed E-state index contributed by atoms with van der Waals surface area (Å²) in [5.41, 5.74) is 0.604. The molecular weight excluding hydrogens is 381 g/mol. The van der Waals surface area contributed by atoms with Crippen LogP contribution in [0.1, 0.15) is 37.3 Å². The molecule has 3 rings (SSSR count). The van der Waals surface area contributed by atoms with Crippen molar-refractivity contribution in [3.05, 3.63) is 27.8 Å². The maximum absolute atomic E-state index is 11.3. The van der Waals surface area contributed by atoms with Gasteiger partial charge in [-0.1, -0.05) is 12.8 Å². The standard InChI is InChI=1S/C17H25N3O4.2ClH/c1-24-15-11-13(20(22)23)10-14(17(15)21)16(12-4-2-3-5-12)19-8-6-18-7-9-19;;/h10-12,16,18,21H,2-9H2,1H3;2*1H/t16-;;/m1../s1. The normalized spacial score (nSPS) is 19.3. The molecule has 0 spiro atoms. The fourth-order valence-corrected chi connectivity index (χ4v) is 4.08. The van der Waals surface area contributed by atoms with Crippen LogP contribution in [0.3, 0.4) is 0 Å². The second-order valence-corrected chi connectivity index (χ2v) is 6.62. The van der Waals surface area contributed by atoms with Gasteiger partial charge in [0.1, 0.15) is 0 Å². The summed E-state index contributed by atoms with van der Waals surface area (Å²) in [4.78, 5) is 13.2. The zero-order valence-electron chi connectivity index (χ0n) is 14.8. The summed E-state index contributed by atoms with van der Waals surface area (Å²) in [7, 11) is 1.43. The topological polar surface area (TPSA) is 87.9 Å². The van der Waals surface area contributed by atoms with Crippen molar-refractivity contribution in [1.29, 1.82) is 0 Å². The average Bonchev–Trinajstić information content (AvgIpc) is 3.11. The van der Waals surface area contributed by atoms with Crippen LogP contribution in [-0.2, 0) is 0 Å². The Bertz CT molecular complexity index is 606. The lowest BCUT2D eigenvalue weighted by atomic mass is 9.88. The van der Waals surface area contributed by atoms with Gasteiger partial charge in [-0.15, -0.1) is 24.8 Å². The highest BCUT2D eigenvalue weighted by Crippen LogP contribution is 2.46. The van der Waals surface area contributed by atoms with E-state index in [0.29, 0.717) is 11.5 Å². The first-order valence-corrected chi connectivity index (χ1v) is 8.62. The fourth-order valence-electron chi connectivity index (χ4n) is 4.08. The first-order chi connectivity index (χ1) is 11.6. The minimum atomic E-state index is -0.422. The Labute approximate surface area is 166 Å². The third-order valence-corrected chi connectivity index (χ3v) is 5.23. The number of phenols is 1. The largest absolute Gasteiger partial charge is 0.504 e. The lowest BCUT2D eigenvalue weighted by Crippen LogP contribution is -2.46. The van der Waals surface area contributed by atoms with Gasteiger partial charge in [0.2, 0.25) is 0 Å². The number of nitrogens with one attached hydrogen (secondary N) is 1. The van der Waals surface area contributed by atoms with Crippen molar-refractivity contribution in [3.8, 4) is 11.5 Å². The second-order valence-electron chi connectivity index (χ2n) is 6.62. The molecule has 7 nitrogen and oxygen atoms in total. The lowest BCUT2D eigenvalue weighted by molar-refractivity contribution is -0.385. The molecule has 2 aliphatic rings. The third-order valence-electron chi connectivity index (χ3n) is 5.23. The number of nitro benzene ring substituents is 1. The van der Waals surface area contributed by atoms with Crippen LogP contribution in [0.2, 0.25) is 0 Å². The van der Waals surface area contributed by atoms with Gasteiger partial charge in [0.05, 0.1) is 18.1 Å². The quantitative estimate of drug-likeness (QED) is 0.574. The van der Waals surface area contributed by atoms with Crippen molar-refractivity contribution in [3.63, 3.8) is 0 Å². The number of aromatic hydroxyl groups is 1.